The van der Waals surface area contributed by atoms with E-state index in [4.69, 9.17) is 23.2 Å². The number of benzene rings is 3. The molecule has 3 nitrogen and oxygen atoms in total. The second-order valence-corrected chi connectivity index (χ2v) is 7.58. The lowest BCUT2D eigenvalue weighted by molar-refractivity contribution is 0.102. The highest BCUT2D eigenvalue weighted by atomic mass is 35.5. The van der Waals surface area contributed by atoms with Gasteiger partial charge in [-0.2, -0.15) is 0 Å². The summed E-state index contributed by atoms with van der Waals surface area (Å²) < 4.78 is 1.13. The van der Waals surface area contributed by atoms with Gasteiger partial charge in [0.1, 0.15) is 5.01 Å². The number of fused-ring (bicyclic) bond motifs is 1. The topological polar surface area (TPSA) is 42.0 Å². The SMILES string of the molecule is O=C(Nc1cccc(-c2nc3ccccc3s2)c1)c1cc(Cl)cc(Cl)c1. The van der Waals surface area contributed by atoms with Crippen LogP contribution in [0.25, 0.3) is 20.8 Å². The third kappa shape index (κ3) is 3.58. The first kappa shape index (κ1) is 17.0. The van der Waals surface area contributed by atoms with Crippen LogP contribution in [0, 0.1) is 0 Å². The number of nitrogens with zero attached hydrogens (tertiary/aromatic N) is 1. The average Bonchev–Trinajstić information content (AvgIpc) is 3.05. The van der Waals surface area contributed by atoms with Gasteiger partial charge in [-0.15, -0.1) is 11.3 Å². The van der Waals surface area contributed by atoms with Gasteiger partial charge in [-0.3, -0.25) is 4.79 Å². The van der Waals surface area contributed by atoms with Crippen LogP contribution in [0.4, 0.5) is 5.69 Å². The van der Waals surface area contributed by atoms with Crippen LogP contribution in [0.1, 0.15) is 10.4 Å². The number of halogens is 2. The number of nitrogens with one attached hydrogen (secondary N) is 1. The molecule has 128 valence electrons. The van der Waals surface area contributed by atoms with Crippen LogP contribution in [-0.2, 0) is 0 Å². The molecule has 0 saturated heterocycles. The van der Waals surface area contributed by atoms with Gasteiger partial charge < -0.3 is 5.32 Å². The van der Waals surface area contributed by atoms with Gasteiger partial charge >= 0.3 is 0 Å². The Hall–Kier alpha value is -2.40. The molecule has 0 fully saturated rings. The second kappa shape index (κ2) is 7.08. The summed E-state index contributed by atoms with van der Waals surface area (Å²) in [6.07, 6.45) is 0. The Morgan fingerprint density at radius 1 is 0.923 bits per heavy atom. The number of amides is 1. The third-order valence-electron chi connectivity index (χ3n) is 3.79. The number of thiazole rings is 1. The fourth-order valence-electron chi connectivity index (χ4n) is 2.61. The number of carbonyl (C=O) groups is 1. The average molecular weight is 399 g/mol. The predicted molar refractivity (Wildman–Crippen MR) is 109 cm³/mol. The van der Waals surface area contributed by atoms with Crippen molar-refractivity contribution < 1.29 is 4.79 Å². The summed E-state index contributed by atoms with van der Waals surface area (Å²) in [5.41, 5.74) is 3.01. The molecule has 0 aliphatic rings. The van der Waals surface area contributed by atoms with Crippen LogP contribution in [0.5, 0.6) is 0 Å². The molecule has 0 aliphatic carbocycles. The highest BCUT2D eigenvalue weighted by molar-refractivity contribution is 7.21. The van der Waals surface area contributed by atoms with Crippen molar-refractivity contribution in [1.29, 1.82) is 0 Å². The first-order valence-corrected chi connectivity index (χ1v) is 9.39. The molecule has 0 atom stereocenters. The van der Waals surface area contributed by atoms with Gasteiger partial charge in [0.2, 0.25) is 0 Å². The highest BCUT2D eigenvalue weighted by Gasteiger charge is 2.10. The lowest BCUT2D eigenvalue weighted by Gasteiger charge is -2.07. The molecule has 0 spiro atoms. The molecule has 3 aromatic carbocycles. The number of hydrogen-bond acceptors (Lipinski definition) is 3. The number of hydrogen-bond donors (Lipinski definition) is 1. The summed E-state index contributed by atoms with van der Waals surface area (Å²) in [7, 11) is 0. The van der Waals surface area contributed by atoms with Crippen molar-refractivity contribution >= 4 is 56.3 Å². The van der Waals surface area contributed by atoms with Crippen molar-refractivity contribution in [2.45, 2.75) is 0 Å². The molecule has 0 radical (unpaired) electrons. The summed E-state index contributed by atoms with van der Waals surface area (Å²) in [6, 6.07) is 20.4. The standard InChI is InChI=1S/C20H12Cl2N2OS/c21-14-8-13(9-15(22)11-14)19(25)23-16-5-3-4-12(10-16)20-24-17-6-1-2-7-18(17)26-20/h1-11H,(H,23,25). The van der Waals surface area contributed by atoms with Crippen molar-refractivity contribution in [2.24, 2.45) is 0 Å². The first-order valence-electron chi connectivity index (χ1n) is 7.82. The zero-order valence-corrected chi connectivity index (χ0v) is 15.7. The minimum atomic E-state index is -0.268. The van der Waals surface area contributed by atoms with Gasteiger partial charge in [0.05, 0.1) is 10.2 Å². The van der Waals surface area contributed by atoms with E-state index in [2.05, 4.69) is 10.3 Å². The van der Waals surface area contributed by atoms with Crippen LogP contribution in [0.2, 0.25) is 10.0 Å². The van der Waals surface area contributed by atoms with Crippen LogP contribution >= 0.6 is 34.5 Å². The van der Waals surface area contributed by atoms with Crippen LogP contribution < -0.4 is 5.32 Å². The quantitative estimate of drug-likeness (QED) is 0.426. The Labute approximate surface area is 164 Å². The van der Waals surface area contributed by atoms with Gasteiger partial charge in [-0.1, -0.05) is 47.5 Å². The molecule has 4 aromatic rings. The molecule has 1 amide bonds. The fraction of sp³-hybridized carbons (Fsp3) is 0. The van der Waals surface area contributed by atoms with E-state index >= 15 is 0 Å². The van der Waals surface area contributed by atoms with Crippen LogP contribution in [0.15, 0.2) is 66.7 Å². The van der Waals surface area contributed by atoms with Crippen molar-refractivity contribution in [3.05, 3.63) is 82.3 Å². The van der Waals surface area contributed by atoms with Gasteiger partial charge in [-0.25, -0.2) is 4.98 Å². The minimum absolute atomic E-state index is 0.268. The van der Waals surface area contributed by atoms with Crippen molar-refractivity contribution in [1.82, 2.24) is 4.98 Å². The maximum Gasteiger partial charge on any atom is 0.255 e. The summed E-state index contributed by atoms with van der Waals surface area (Å²) in [5.74, 6) is -0.268. The monoisotopic (exact) mass is 398 g/mol. The Kier molecular flexibility index (Phi) is 4.64. The van der Waals surface area contributed by atoms with E-state index in [1.807, 2.05) is 48.5 Å². The molecule has 6 heteroatoms. The summed E-state index contributed by atoms with van der Waals surface area (Å²) in [5, 5.41) is 4.63. The maximum absolute atomic E-state index is 12.5. The number of aromatic nitrogens is 1. The lowest BCUT2D eigenvalue weighted by atomic mass is 10.2. The Morgan fingerprint density at radius 3 is 2.46 bits per heavy atom. The summed E-state index contributed by atoms with van der Waals surface area (Å²) in [4.78, 5) is 17.1. The molecule has 0 bridgehead atoms. The molecule has 4 rings (SSSR count). The number of rotatable bonds is 3. The minimum Gasteiger partial charge on any atom is -0.322 e. The van der Waals surface area contributed by atoms with E-state index in [0.29, 0.717) is 21.3 Å². The third-order valence-corrected chi connectivity index (χ3v) is 5.31. The summed E-state index contributed by atoms with van der Waals surface area (Å²) in [6.45, 7) is 0. The lowest BCUT2D eigenvalue weighted by Crippen LogP contribution is -2.11. The van der Waals surface area contributed by atoms with Crippen molar-refractivity contribution in [2.75, 3.05) is 5.32 Å². The van der Waals surface area contributed by atoms with E-state index < -0.39 is 0 Å². The molecular formula is C20H12Cl2N2OS. The smallest absolute Gasteiger partial charge is 0.255 e. The largest absolute Gasteiger partial charge is 0.322 e. The van der Waals surface area contributed by atoms with Gasteiger partial charge in [-0.05, 0) is 42.5 Å². The molecule has 1 aromatic heterocycles. The zero-order valence-electron chi connectivity index (χ0n) is 13.4. The normalized spacial score (nSPS) is 10.8. The number of anilines is 1. The van der Waals surface area contributed by atoms with E-state index in [0.717, 1.165) is 20.8 Å². The highest BCUT2D eigenvalue weighted by Crippen LogP contribution is 2.31. The van der Waals surface area contributed by atoms with Crippen molar-refractivity contribution in [3.8, 4) is 10.6 Å². The van der Waals surface area contributed by atoms with Gasteiger partial charge in [0, 0.05) is 26.9 Å². The van der Waals surface area contributed by atoms with E-state index in [9.17, 15) is 4.79 Å². The molecule has 0 saturated carbocycles. The second-order valence-electron chi connectivity index (χ2n) is 5.68. The fourth-order valence-corrected chi connectivity index (χ4v) is 4.10. The van der Waals surface area contributed by atoms with Crippen LogP contribution in [0.3, 0.4) is 0 Å². The Morgan fingerprint density at radius 2 is 1.69 bits per heavy atom. The van der Waals surface area contributed by atoms with E-state index in [1.165, 1.54) is 0 Å². The Balaban J connectivity index is 1.62. The van der Waals surface area contributed by atoms with Crippen LogP contribution in [-0.4, -0.2) is 10.9 Å². The van der Waals surface area contributed by atoms with E-state index in [1.54, 1.807) is 29.5 Å². The number of para-hydroxylation sites is 1. The molecule has 0 aliphatic heterocycles. The Bertz CT molecular complexity index is 1070. The maximum atomic E-state index is 12.5. The molecular weight excluding hydrogens is 387 g/mol. The number of carbonyl (C=O) groups excluding carboxylic acids is 1. The predicted octanol–water partition coefficient (Wildman–Crippen LogP) is 6.52. The first-order chi connectivity index (χ1) is 12.6. The van der Waals surface area contributed by atoms with Gasteiger partial charge in [0.15, 0.2) is 0 Å². The van der Waals surface area contributed by atoms with Gasteiger partial charge in [0.25, 0.3) is 5.91 Å². The molecule has 1 heterocycles. The van der Waals surface area contributed by atoms with Crippen molar-refractivity contribution in [3.63, 3.8) is 0 Å². The molecule has 1 N–H and O–H groups in total. The zero-order chi connectivity index (χ0) is 18.1. The summed E-state index contributed by atoms with van der Waals surface area (Å²) >= 11 is 13.6. The van der Waals surface area contributed by atoms with E-state index in [-0.39, 0.29) is 5.91 Å². The molecule has 26 heavy (non-hydrogen) atoms. The molecule has 0 unspecified atom stereocenters.